The first-order valence-electron chi connectivity index (χ1n) is 8.80. The monoisotopic (exact) mass is 435 g/mol. The highest BCUT2D eigenvalue weighted by atomic mass is 32.2. The van der Waals surface area contributed by atoms with E-state index in [0.717, 1.165) is 34.8 Å². The molecule has 0 saturated heterocycles. The third kappa shape index (κ3) is 3.81. The van der Waals surface area contributed by atoms with E-state index in [0.29, 0.717) is 11.3 Å². The molecule has 8 heteroatoms. The van der Waals surface area contributed by atoms with E-state index in [-0.39, 0.29) is 4.90 Å². The number of allylic oxidation sites excluding steroid dienone is 1. The summed E-state index contributed by atoms with van der Waals surface area (Å²) in [7, 11) is -4.11. The summed E-state index contributed by atoms with van der Waals surface area (Å²) in [6.07, 6.45) is 2.99. The van der Waals surface area contributed by atoms with Crippen LogP contribution in [0.4, 0.5) is 4.39 Å². The van der Waals surface area contributed by atoms with Gasteiger partial charge in [-0.25, -0.2) is 17.5 Å². The van der Waals surface area contributed by atoms with Gasteiger partial charge in [-0.05, 0) is 53.9 Å². The van der Waals surface area contributed by atoms with Crippen molar-refractivity contribution in [3.05, 3.63) is 94.6 Å². The van der Waals surface area contributed by atoms with Gasteiger partial charge in [0.25, 0.3) is 0 Å². The van der Waals surface area contributed by atoms with Crippen LogP contribution in [0.5, 0.6) is 0 Å². The second kappa shape index (κ2) is 8.06. The van der Waals surface area contributed by atoms with Gasteiger partial charge in [0.2, 0.25) is 9.84 Å². The van der Waals surface area contributed by atoms with Crippen LogP contribution in [0, 0.1) is 17.1 Å². The summed E-state index contributed by atoms with van der Waals surface area (Å²) in [5.74, 6) is -0.555. The third-order valence-electron chi connectivity index (χ3n) is 4.33. The van der Waals surface area contributed by atoms with Gasteiger partial charge in [0, 0.05) is 11.8 Å². The smallest absolute Gasteiger partial charge is 0.216 e. The van der Waals surface area contributed by atoms with Crippen molar-refractivity contribution < 1.29 is 12.8 Å². The van der Waals surface area contributed by atoms with Crippen LogP contribution >= 0.6 is 11.3 Å². The average Bonchev–Trinajstić information content (AvgIpc) is 3.42. The van der Waals surface area contributed by atoms with Gasteiger partial charge in [-0.1, -0.05) is 24.3 Å². The predicted octanol–water partition coefficient (Wildman–Crippen LogP) is 5.08. The Hall–Kier alpha value is -3.54. The summed E-state index contributed by atoms with van der Waals surface area (Å²) in [4.78, 5) is 0.247. The molecule has 0 atom stereocenters. The molecule has 0 unspecified atom stereocenters. The molecule has 5 nitrogen and oxygen atoms in total. The first kappa shape index (κ1) is 19.8. The van der Waals surface area contributed by atoms with Crippen molar-refractivity contribution in [2.75, 3.05) is 0 Å². The van der Waals surface area contributed by atoms with Crippen molar-refractivity contribution in [3.8, 4) is 22.3 Å². The van der Waals surface area contributed by atoms with E-state index < -0.39 is 20.6 Å². The summed E-state index contributed by atoms with van der Waals surface area (Å²) >= 11 is 1.46. The van der Waals surface area contributed by atoms with Crippen LogP contribution in [0.25, 0.3) is 22.3 Å². The lowest BCUT2D eigenvalue weighted by atomic mass is 10.2. The lowest BCUT2D eigenvalue weighted by molar-refractivity contribution is 0.601. The van der Waals surface area contributed by atoms with Crippen LogP contribution in [-0.2, 0) is 9.84 Å². The maximum atomic E-state index is 13.2. The van der Waals surface area contributed by atoms with Crippen molar-refractivity contribution in [2.45, 2.75) is 4.90 Å². The molecule has 148 valence electrons. The number of thiophene rings is 1. The predicted molar refractivity (Wildman–Crippen MR) is 114 cm³/mol. The largest absolute Gasteiger partial charge is 0.240 e. The minimum absolute atomic E-state index is 0.148. The minimum Gasteiger partial charge on any atom is -0.240 e. The first-order chi connectivity index (χ1) is 14.5. The van der Waals surface area contributed by atoms with E-state index in [1.54, 1.807) is 16.9 Å². The molecule has 0 amide bonds. The zero-order valence-corrected chi connectivity index (χ0v) is 17.1. The molecule has 4 aromatic rings. The summed E-state index contributed by atoms with van der Waals surface area (Å²) in [5, 5.41) is 16.1. The van der Waals surface area contributed by atoms with E-state index in [1.165, 1.54) is 17.4 Å². The number of benzene rings is 2. The Morgan fingerprint density at radius 1 is 1.07 bits per heavy atom. The standard InChI is InChI=1S/C22H14FN3O2S2/c23-17-8-10-19(11-9-17)30(27,28)20(14-24)13-16-15-26(18-5-2-1-3-6-18)25-22(16)21-7-4-12-29-21/h1-13,15H. The molecule has 0 aliphatic heterocycles. The Labute approximate surface area is 176 Å². The van der Waals surface area contributed by atoms with E-state index in [2.05, 4.69) is 5.10 Å². The lowest BCUT2D eigenvalue weighted by Gasteiger charge is -2.03. The Bertz CT molecular complexity index is 1350. The molecule has 0 radical (unpaired) electrons. The topological polar surface area (TPSA) is 75.8 Å². The van der Waals surface area contributed by atoms with Crippen molar-refractivity contribution in [1.29, 1.82) is 5.26 Å². The summed E-state index contributed by atoms with van der Waals surface area (Å²) in [6, 6.07) is 19.3. The highest BCUT2D eigenvalue weighted by Gasteiger charge is 2.22. The molecule has 0 saturated carbocycles. The fourth-order valence-corrected chi connectivity index (χ4v) is 4.74. The zero-order chi connectivity index (χ0) is 21.1. The Morgan fingerprint density at radius 2 is 1.80 bits per heavy atom. The van der Waals surface area contributed by atoms with E-state index >= 15 is 0 Å². The molecule has 0 spiro atoms. The van der Waals surface area contributed by atoms with Crippen molar-refractivity contribution in [2.24, 2.45) is 0 Å². The van der Waals surface area contributed by atoms with Gasteiger partial charge < -0.3 is 0 Å². The van der Waals surface area contributed by atoms with Gasteiger partial charge in [-0.3, -0.25) is 0 Å². The van der Waals surface area contributed by atoms with Gasteiger partial charge in [0.05, 0.1) is 15.5 Å². The van der Waals surface area contributed by atoms with Crippen LogP contribution < -0.4 is 0 Å². The molecule has 0 bridgehead atoms. The third-order valence-corrected chi connectivity index (χ3v) is 6.89. The molecule has 0 fully saturated rings. The van der Waals surface area contributed by atoms with Crippen LogP contribution in [-0.4, -0.2) is 18.2 Å². The highest BCUT2D eigenvalue weighted by Crippen LogP contribution is 2.31. The fraction of sp³-hybridized carbons (Fsp3) is 0. The number of aromatic nitrogens is 2. The number of para-hydroxylation sites is 1. The highest BCUT2D eigenvalue weighted by molar-refractivity contribution is 7.95. The SMILES string of the molecule is N#CC(=Cc1cn(-c2ccccc2)nc1-c1cccs1)S(=O)(=O)c1ccc(F)cc1. The molecule has 2 aromatic heterocycles. The molecule has 4 rings (SSSR count). The molecule has 2 aromatic carbocycles. The maximum Gasteiger partial charge on any atom is 0.216 e. The Balaban J connectivity index is 1.86. The van der Waals surface area contributed by atoms with Crippen LogP contribution in [0.2, 0.25) is 0 Å². The Morgan fingerprint density at radius 3 is 2.43 bits per heavy atom. The fourth-order valence-electron chi connectivity index (χ4n) is 2.86. The normalized spacial score (nSPS) is 11.9. The van der Waals surface area contributed by atoms with Crippen LogP contribution in [0.1, 0.15) is 5.56 Å². The van der Waals surface area contributed by atoms with Gasteiger partial charge in [-0.2, -0.15) is 10.4 Å². The second-order valence-corrected chi connectivity index (χ2v) is 9.13. The number of rotatable bonds is 5. The molecule has 2 heterocycles. The Kier molecular flexibility index (Phi) is 5.31. The number of hydrogen-bond donors (Lipinski definition) is 0. The summed E-state index contributed by atoms with van der Waals surface area (Å²) in [6.45, 7) is 0. The number of hydrogen-bond acceptors (Lipinski definition) is 5. The average molecular weight is 436 g/mol. The molecular weight excluding hydrogens is 421 g/mol. The molecule has 0 N–H and O–H groups in total. The maximum absolute atomic E-state index is 13.2. The van der Waals surface area contributed by atoms with Gasteiger partial charge in [-0.15, -0.1) is 11.3 Å². The quantitative estimate of drug-likeness (QED) is 0.324. The lowest BCUT2D eigenvalue weighted by Crippen LogP contribution is -2.03. The van der Waals surface area contributed by atoms with Crippen molar-refractivity contribution in [3.63, 3.8) is 0 Å². The number of nitriles is 1. The molecule has 0 aliphatic carbocycles. The number of sulfone groups is 1. The minimum atomic E-state index is -4.11. The summed E-state index contributed by atoms with van der Waals surface area (Å²) in [5.41, 5.74) is 1.86. The zero-order valence-electron chi connectivity index (χ0n) is 15.4. The molecule has 30 heavy (non-hydrogen) atoms. The van der Waals surface area contributed by atoms with Crippen molar-refractivity contribution in [1.82, 2.24) is 9.78 Å². The number of nitrogens with zero attached hydrogens (tertiary/aromatic N) is 3. The van der Waals surface area contributed by atoms with Crippen LogP contribution in [0.15, 0.2) is 88.1 Å². The van der Waals surface area contributed by atoms with Gasteiger partial charge >= 0.3 is 0 Å². The number of halogens is 1. The van der Waals surface area contributed by atoms with E-state index in [4.69, 9.17) is 0 Å². The molecule has 0 aliphatic rings. The van der Waals surface area contributed by atoms with E-state index in [1.807, 2.05) is 47.8 Å². The second-order valence-electron chi connectivity index (χ2n) is 6.27. The van der Waals surface area contributed by atoms with Crippen LogP contribution in [0.3, 0.4) is 0 Å². The van der Waals surface area contributed by atoms with E-state index in [9.17, 15) is 18.1 Å². The van der Waals surface area contributed by atoms with Crippen molar-refractivity contribution >= 4 is 27.3 Å². The van der Waals surface area contributed by atoms with Gasteiger partial charge in [0.15, 0.2) is 0 Å². The summed E-state index contributed by atoms with van der Waals surface area (Å²) < 4.78 is 40.7. The first-order valence-corrected chi connectivity index (χ1v) is 11.2. The molecular formula is C22H14FN3O2S2. The van der Waals surface area contributed by atoms with Gasteiger partial charge in [0.1, 0.15) is 22.5 Å².